The first kappa shape index (κ1) is 15.8. The third kappa shape index (κ3) is 3.30. The molecule has 5 nitrogen and oxygen atoms in total. The van der Waals surface area contributed by atoms with Crippen molar-refractivity contribution in [3.63, 3.8) is 0 Å². The molecule has 2 aromatic carbocycles. The number of ether oxygens (including phenoxy) is 2. The van der Waals surface area contributed by atoms with Crippen molar-refractivity contribution < 1.29 is 23.5 Å². The molecule has 0 N–H and O–H groups in total. The van der Waals surface area contributed by atoms with E-state index in [1.807, 2.05) is 12.1 Å². The predicted octanol–water partition coefficient (Wildman–Crippen LogP) is 3.79. The van der Waals surface area contributed by atoms with Crippen molar-refractivity contribution >= 4 is 22.7 Å². The molecule has 0 bridgehead atoms. The molecule has 0 radical (unpaired) electrons. The zero-order chi connectivity index (χ0) is 17.1. The van der Waals surface area contributed by atoms with E-state index in [4.69, 9.17) is 13.9 Å². The fourth-order valence-corrected chi connectivity index (χ4v) is 2.43. The summed E-state index contributed by atoms with van der Waals surface area (Å²) in [4.78, 5) is 23.5. The zero-order valence-corrected chi connectivity index (χ0v) is 13.4. The van der Waals surface area contributed by atoms with E-state index >= 15 is 0 Å². The number of fused-ring (bicyclic) bond motifs is 1. The van der Waals surface area contributed by atoms with Crippen molar-refractivity contribution in [2.75, 3.05) is 7.11 Å². The van der Waals surface area contributed by atoms with Gasteiger partial charge in [0.05, 0.1) is 19.8 Å². The second kappa shape index (κ2) is 6.58. The van der Waals surface area contributed by atoms with Crippen molar-refractivity contribution in [3.8, 4) is 11.5 Å². The lowest BCUT2D eigenvalue weighted by Gasteiger charge is -2.05. The highest BCUT2D eigenvalue weighted by molar-refractivity contribution is 5.94. The SMILES string of the molecule is COc1ccc2c(CC(=O)Oc3cccc(C(C)=O)c3)coc2c1. The number of carbonyl (C=O) groups excluding carboxylic acids is 2. The number of benzene rings is 2. The number of hydrogen-bond acceptors (Lipinski definition) is 5. The molecule has 0 fully saturated rings. The molecule has 0 aliphatic rings. The summed E-state index contributed by atoms with van der Waals surface area (Å²) in [6.45, 7) is 1.47. The van der Waals surface area contributed by atoms with Gasteiger partial charge in [0.15, 0.2) is 5.78 Å². The second-order valence-corrected chi connectivity index (χ2v) is 5.36. The van der Waals surface area contributed by atoms with Crippen molar-refractivity contribution in [3.05, 3.63) is 59.9 Å². The molecule has 0 atom stereocenters. The number of hydrogen-bond donors (Lipinski definition) is 0. The number of Topliss-reactive ketones (excluding diaryl/α,β-unsaturated/α-hetero) is 1. The van der Waals surface area contributed by atoms with Crippen LogP contribution in [-0.2, 0) is 11.2 Å². The van der Waals surface area contributed by atoms with E-state index in [0.717, 1.165) is 10.9 Å². The van der Waals surface area contributed by atoms with Crippen molar-refractivity contribution in [2.24, 2.45) is 0 Å². The van der Waals surface area contributed by atoms with Gasteiger partial charge in [0.25, 0.3) is 0 Å². The van der Waals surface area contributed by atoms with Crippen LogP contribution in [-0.4, -0.2) is 18.9 Å². The minimum atomic E-state index is -0.422. The van der Waals surface area contributed by atoms with Crippen LogP contribution >= 0.6 is 0 Å². The van der Waals surface area contributed by atoms with E-state index in [0.29, 0.717) is 22.6 Å². The van der Waals surface area contributed by atoms with Crippen LogP contribution in [0.25, 0.3) is 11.0 Å². The maximum Gasteiger partial charge on any atom is 0.315 e. The lowest BCUT2D eigenvalue weighted by atomic mass is 10.1. The topological polar surface area (TPSA) is 65.7 Å². The molecule has 0 spiro atoms. The Morgan fingerprint density at radius 1 is 1.08 bits per heavy atom. The highest BCUT2D eigenvalue weighted by Crippen LogP contribution is 2.26. The number of furan rings is 1. The first-order valence-electron chi connectivity index (χ1n) is 7.42. The molecule has 122 valence electrons. The van der Waals surface area contributed by atoms with Gasteiger partial charge in [-0.15, -0.1) is 0 Å². The Morgan fingerprint density at radius 2 is 1.92 bits per heavy atom. The number of rotatable bonds is 5. The fraction of sp³-hybridized carbons (Fsp3) is 0.158. The van der Waals surface area contributed by atoms with Gasteiger partial charge in [0.2, 0.25) is 0 Å². The Kier molecular flexibility index (Phi) is 4.33. The molecule has 0 aliphatic carbocycles. The van der Waals surface area contributed by atoms with Crippen LogP contribution < -0.4 is 9.47 Å². The van der Waals surface area contributed by atoms with Crippen LogP contribution in [0, 0.1) is 0 Å². The van der Waals surface area contributed by atoms with Gasteiger partial charge in [-0.25, -0.2) is 0 Å². The van der Waals surface area contributed by atoms with Gasteiger partial charge in [-0.1, -0.05) is 12.1 Å². The van der Waals surface area contributed by atoms with E-state index in [9.17, 15) is 9.59 Å². The van der Waals surface area contributed by atoms with Crippen LogP contribution in [0.3, 0.4) is 0 Å². The third-order valence-electron chi connectivity index (χ3n) is 3.67. The molecule has 3 aromatic rings. The number of ketones is 1. The highest BCUT2D eigenvalue weighted by atomic mass is 16.5. The Morgan fingerprint density at radius 3 is 2.67 bits per heavy atom. The van der Waals surface area contributed by atoms with E-state index in [2.05, 4.69) is 0 Å². The number of methoxy groups -OCH3 is 1. The maximum absolute atomic E-state index is 12.2. The molecule has 1 heterocycles. The quantitative estimate of drug-likeness (QED) is 0.406. The summed E-state index contributed by atoms with van der Waals surface area (Å²) in [5, 5.41) is 0.838. The minimum Gasteiger partial charge on any atom is -0.497 e. The van der Waals surface area contributed by atoms with Crippen LogP contribution in [0.2, 0.25) is 0 Å². The number of esters is 1. The Bertz CT molecular complexity index is 907. The van der Waals surface area contributed by atoms with Crippen molar-refractivity contribution in [2.45, 2.75) is 13.3 Å². The van der Waals surface area contributed by atoms with Crippen LogP contribution in [0.4, 0.5) is 0 Å². The van der Waals surface area contributed by atoms with Gasteiger partial charge in [-0.05, 0) is 31.2 Å². The van der Waals surface area contributed by atoms with Gasteiger partial charge >= 0.3 is 5.97 Å². The largest absolute Gasteiger partial charge is 0.497 e. The lowest BCUT2D eigenvalue weighted by Crippen LogP contribution is -2.11. The first-order chi connectivity index (χ1) is 11.6. The highest BCUT2D eigenvalue weighted by Gasteiger charge is 2.13. The molecular weight excluding hydrogens is 308 g/mol. The molecule has 5 heteroatoms. The molecule has 0 saturated carbocycles. The summed E-state index contributed by atoms with van der Waals surface area (Å²) >= 11 is 0. The average Bonchev–Trinajstić information content (AvgIpc) is 2.97. The molecule has 0 amide bonds. The molecule has 0 aliphatic heterocycles. The first-order valence-corrected chi connectivity index (χ1v) is 7.42. The summed E-state index contributed by atoms with van der Waals surface area (Å²) in [6, 6.07) is 12.0. The van der Waals surface area contributed by atoms with Crippen LogP contribution in [0.5, 0.6) is 11.5 Å². The van der Waals surface area contributed by atoms with Gasteiger partial charge in [-0.3, -0.25) is 9.59 Å². The lowest BCUT2D eigenvalue weighted by molar-refractivity contribution is -0.133. The molecular formula is C19H16O5. The normalized spacial score (nSPS) is 10.6. The summed E-state index contributed by atoms with van der Waals surface area (Å²) < 4.78 is 15.9. The zero-order valence-electron chi connectivity index (χ0n) is 13.4. The number of carbonyl (C=O) groups is 2. The van der Waals surface area contributed by atoms with Crippen molar-refractivity contribution in [1.29, 1.82) is 0 Å². The summed E-state index contributed by atoms with van der Waals surface area (Å²) in [6.07, 6.45) is 1.61. The minimum absolute atomic E-state index is 0.0730. The second-order valence-electron chi connectivity index (χ2n) is 5.36. The molecule has 1 aromatic heterocycles. The molecule has 24 heavy (non-hydrogen) atoms. The Balaban J connectivity index is 1.75. The smallest absolute Gasteiger partial charge is 0.315 e. The monoisotopic (exact) mass is 324 g/mol. The Labute approximate surface area is 138 Å². The van der Waals surface area contributed by atoms with E-state index < -0.39 is 5.97 Å². The molecule has 3 rings (SSSR count). The van der Waals surface area contributed by atoms with Crippen LogP contribution in [0.1, 0.15) is 22.8 Å². The average molecular weight is 324 g/mol. The van der Waals surface area contributed by atoms with E-state index in [1.54, 1.807) is 37.4 Å². The third-order valence-corrected chi connectivity index (χ3v) is 3.67. The van der Waals surface area contributed by atoms with Gasteiger partial charge in [-0.2, -0.15) is 0 Å². The van der Waals surface area contributed by atoms with Crippen LogP contribution in [0.15, 0.2) is 53.1 Å². The summed E-state index contributed by atoms with van der Waals surface area (Å²) in [7, 11) is 1.58. The fourth-order valence-electron chi connectivity index (χ4n) is 2.43. The van der Waals surface area contributed by atoms with Gasteiger partial charge in [0.1, 0.15) is 17.1 Å². The summed E-state index contributed by atoms with van der Waals surface area (Å²) in [5.74, 6) is 0.533. The predicted molar refractivity (Wildman–Crippen MR) is 88.6 cm³/mol. The Hall–Kier alpha value is -3.08. The van der Waals surface area contributed by atoms with Gasteiger partial charge < -0.3 is 13.9 Å². The maximum atomic E-state index is 12.2. The van der Waals surface area contributed by atoms with E-state index in [1.165, 1.54) is 13.2 Å². The van der Waals surface area contributed by atoms with Crippen molar-refractivity contribution in [1.82, 2.24) is 0 Å². The molecule has 0 unspecified atom stereocenters. The molecule has 0 saturated heterocycles. The van der Waals surface area contributed by atoms with E-state index in [-0.39, 0.29) is 12.2 Å². The van der Waals surface area contributed by atoms with Gasteiger partial charge in [0, 0.05) is 22.6 Å². The standard InChI is InChI=1S/C19H16O5/c1-12(20)13-4-3-5-16(8-13)24-19(21)9-14-11-23-18-10-15(22-2)6-7-17(14)18/h3-8,10-11H,9H2,1-2H3. The summed E-state index contributed by atoms with van der Waals surface area (Å²) in [5.41, 5.74) is 1.89.